The third-order valence-electron chi connectivity index (χ3n) is 7.22. The Hall–Kier alpha value is -5.03. The number of benzene rings is 5. The van der Waals surface area contributed by atoms with E-state index in [0.29, 0.717) is 18.6 Å². The van der Waals surface area contributed by atoms with Crippen molar-refractivity contribution in [2.24, 2.45) is 4.99 Å². The van der Waals surface area contributed by atoms with Crippen molar-refractivity contribution < 1.29 is 14.3 Å². The fraction of sp³-hybridized carbons (Fsp3) is 0.205. The van der Waals surface area contributed by atoms with E-state index in [1.54, 1.807) is 0 Å². The number of aliphatic imine (C=N–C) groups is 1. The van der Waals surface area contributed by atoms with Crippen molar-refractivity contribution in [2.75, 3.05) is 0 Å². The number of amides is 1. The van der Waals surface area contributed by atoms with Gasteiger partial charge in [0.05, 0.1) is 5.71 Å². The smallest absolute Gasteiger partial charge is 0.329 e. The zero-order valence-corrected chi connectivity index (χ0v) is 25.4. The van der Waals surface area contributed by atoms with Crippen molar-refractivity contribution >= 4 is 28.4 Å². The number of nitrogens with zero attached hydrogens (tertiary/aromatic N) is 1. The van der Waals surface area contributed by atoms with Crippen LogP contribution in [0.15, 0.2) is 138 Å². The summed E-state index contributed by atoms with van der Waals surface area (Å²) in [5.41, 5.74) is 3.72. The van der Waals surface area contributed by atoms with E-state index in [9.17, 15) is 9.59 Å². The quantitative estimate of drug-likeness (QED) is 0.138. The van der Waals surface area contributed by atoms with Gasteiger partial charge in [-0.2, -0.15) is 0 Å². The number of carbonyl (C=O) groups is 2. The molecule has 0 spiro atoms. The lowest BCUT2D eigenvalue weighted by atomic mass is 9.98. The number of nitrogens with one attached hydrogen (secondary N) is 1. The number of rotatable bonds is 10. The van der Waals surface area contributed by atoms with Crippen molar-refractivity contribution in [1.29, 1.82) is 0 Å². The Bertz CT molecular complexity index is 1680. The van der Waals surface area contributed by atoms with Crippen LogP contribution in [0.5, 0.6) is 0 Å². The normalized spacial score (nSPS) is 12.6. The molecule has 5 aromatic carbocycles. The van der Waals surface area contributed by atoms with Gasteiger partial charge in [0, 0.05) is 24.0 Å². The van der Waals surface area contributed by atoms with Gasteiger partial charge in [0.25, 0.3) is 0 Å². The second-order valence-corrected chi connectivity index (χ2v) is 11.9. The van der Waals surface area contributed by atoms with E-state index >= 15 is 0 Å². The highest BCUT2D eigenvalue weighted by atomic mass is 16.6. The number of esters is 1. The summed E-state index contributed by atoms with van der Waals surface area (Å²) in [6.07, 6.45) is 0.657. The molecule has 2 atom stereocenters. The molecule has 1 N–H and O–H groups in total. The lowest BCUT2D eigenvalue weighted by Crippen LogP contribution is -2.49. The van der Waals surface area contributed by atoms with Gasteiger partial charge in [0.1, 0.15) is 17.7 Å². The van der Waals surface area contributed by atoms with E-state index in [2.05, 4.69) is 29.6 Å². The zero-order valence-electron chi connectivity index (χ0n) is 25.4. The third kappa shape index (κ3) is 8.29. The van der Waals surface area contributed by atoms with Crippen LogP contribution in [0.1, 0.15) is 43.0 Å². The molecule has 222 valence electrons. The van der Waals surface area contributed by atoms with Crippen molar-refractivity contribution in [3.63, 3.8) is 0 Å². The summed E-state index contributed by atoms with van der Waals surface area (Å²) in [6, 6.07) is 42.1. The van der Waals surface area contributed by atoms with Gasteiger partial charge in [-0.1, -0.05) is 133 Å². The Balaban J connectivity index is 1.54. The minimum absolute atomic E-state index is 0.304. The number of fused-ring (bicyclic) bond motifs is 1. The Morgan fingerprint density at radius 3 is 1.80 bits per heavy atom. The van der Waals surface area contributed by atoms with Crippen molar-refractivity contribution in [1.82, 2.24) is 5.32 Å². The second kappa shape index (κ2) is 14.0. The third-order valence-corrected chi connectivity index (χ3v) is 7.22. The monoisotopic (exact) mass is 582 g/mol. The molecule has 0 fully saturated rings. The molecule has 0 saturated carbocycles. The van der Waals surface area contributed by atoms with E-state index in [1.165, 1.54) is 0 Å². The van der Waals surface area contributed by atoms with Gasteiger partial charge >= 0.3 is 5.97 Å². The summed E-state index contributed by atoms with van der Waals surface area (Å²) < 4.78 is 5.75. The van der Waals surface area contributed by atoms with Gasteiger partial charge in [-0.15, -0.1) is 0 Å². The van der Waals surface area contributed by atoms with Gasteiger partial charge in [0.2, 0.25) is 5.91 Å². The molecule has 5 nitrogen and oxygen atoms in total. The highest BCUT2D eigenvalue weighted by Gasteiger charge is 2.30. The van der Waals surface area contributed by atoms with Gasteiger partial charge in [-0.25, -0.2) is 4.79 Å². The standard InChI is InChI=1S/C39H38N2O3/c1-39(2,3)44-38(43)35(26-28-15-7-4-8-16-28)41-37(42)34(27-29-23-24-30-17-13-14-22-33(30)25-29)40-36(31-18-9-5-10-19-31)32-20-11-6-12-21-32/h4-25,34-35H,26-27H2,1-3H3,(H,41,42)/t34-,35+/m1/s1. The largest absolute Gasteiger partial charge is 0.458 e. The molecular formula is C39H38N2O3. The molecule has 5 rings (SSSR count). The first kappa shape index (κ1) is 30.4. The summed E-state index contributed by atoms with van der Waals surface area (Å²) >= 11 is 0. The van der Waals surface area contributed by atoms with Crippen molar-refractivity contribution in [3.05, 3.63) is 156 Å². The number of carbonyl (C=O) groups excluding carboxylic acids is 2. The molecule has 0 aliphatic carbocycles. The second-order valence-electron chi connectivity index (χ2n) is 11.9. The summed E-state index contributed by atoms with van der Waals surface area (Å²) in [7, 11) is 0. The highest BCUT2D eigenvalue weighted by molar-refractivity contribution is 6.13. The van der Waals surface area contributed by atoms with Crippen LogP contribution >= 0.6 is 0 Å². The van der Waals surface area contributed by atoms with E-state index in [-0.39, 0.29) is 5.91 Å². The molecule has 0 aromatic heterocycles. The summed E-state index contributed by atoms with van der Waals surface area (Å²) in [6.45, 7) is 5.47. The number of ether oxygens (including phenoxy) is 1. The lowest BCUT2D eigenvalue weighted by molar-refractivity contribution is -0.158. The predicted molar refractivity (Wildman–Crippen MR) is 178 cm³/mol. The van der Waals surface area contributed by atoms with Crippen LogP contribution in [0.25, 0.3) is 10.8 Å². The summed E-state index contributed by atoms with van der Waals surface area (Å²) in [5.74, 6) is -0.816. The zero-order chi connectivity index (χ0) is 30.9. The van der Waals surface area contributed by atoms with Crippen LogP contribution in [0.2, 0.25) is 0 Å². The lowest BCUT2D eigenvalue weighted by Gasteiger charge is -2.26. The molecule has 5 heteroatoms. The molecule has 5 aromatic rings. The summed E-state index contributed by atoms with van der Waals surface area (Å²) in [4.78, 5) is 32.8. The predicted octanol–water partition coefficient (Wildman–Crippen LogP) is 7.36. The first-order valence-corrected chi connectivity index (χ1v) is 15.0. The van der Waals surface area contributed by atoms with E-state index in [1.807, 2.05) is 130 Å². The average Bonchev–Trinajstić information content (AvgIpc) is 3.03. The number of hydrogen-bond acceptors (Lipinski definition) is 4. The fourth-order valence-corrected chi connectivity index (χ4v) is 5.13. The Kier molecular flexibility index (Phi) is 9.65. The average molecular weight is 583 g/mol. The molecule has 0 heterocycles. The molecule has 0 unspecified atom stereocenters. The maximum absolute atomic E-state index is 14.3. The molecule has 0 aliphatic rings. The van der Waals surface area contributed by atoms with Crippen LogP contribution in [-0.2, 0) is 27.2 Å². The topological polar surface area (TPSA) is 67.8 Å². The minimum Gasteiger partial charge on any atom is -0.458 e. The van der Waals surface area contributed by atoms with Crippen molar-refractivity contribution in [3.8, 4) is 0 Å². The highest BCUT2D eigenvalue weighted by Crippen LogP contribution is 2.20. The molecule has 44 heavy (non-hydrogen) atoms. The van der Waals surface area contributed by atoms with Gasteiger partial charge in [-0.3, -0.25) is 9.79 Å². The maximum atomic E-state index is 14.3. The van der Waals surface area contributed by atoms with Crippen LogP contribution in [0.3, 0.4) is 0 Å². The first-order valence-electron chi connectivity index (χ1n) is 15.0. The summed E-state index contributed by atoms with van der Waals surface area (Å²) in [5, 5.41) is 5.25. The SMILES string of the molecule is CC(C)(C)OC(=O)[C@H](Cc1ccccc1)NC(=O)[C@@H](Cc1ccc2ccccc2c1)N=C(c1ccccc1)c1ccccc1. The molecule has 0 radical (unpaired) electrons. The molecule has 1 amide bonds. The van der Waals surface area contributed by atoms with Crippen LogP contribution in [-0.4, -0.2) is 35.3 Å². The van der Waals surface area contributed by atoms with Gasteiger partial charge < -0.3 is 10.1 Å². The molecular weight excluding hydrogens is 544 g/mol. The van der Waals surface area contributed by atoms with Crippen LogP contribution in [0.4, 0.5) is 0 Å². The van der Waals surface area contributed by atoms with Gasteiger partial charge in [0.15, 0.2) is 0 Å². The fourth-order valence-electron chi connectivity index (χ4n) is 5.13. The van der Waals surface area contributed by atoms with E-state index < -0.39 is 23.7 Å². The molecule has 0 bridgehead atoms. The minimum atomic E-state index is -0.879. The number of hydrogen-bond donors (Lipinski definition) is 1. The Morgan fingerprint density at radius 2 is 1.20 bits per heavy atom. The molecule has 0 aliphatic heterocycles. The van der Waals surface area contributed by atoms with Crippen LogP contribution in [0, 0.1) is 0 Å². The Labute approximate surface area is 259 Å². The van der Waals surface area contributed by atoms with E-state index in [0.717, 1.165) is 33.0 Å². The van der Waals surface area contributed by atoms with Crippen molar-refractivity contribution in [2.45, 2.75) is 51.3 Å². The maximum Gasteiger partial charge on any atom is 0.329 e. The van der Waals surface area contributed by atoms with Crippen LogP contribution < -0.4 is 5.32 Å². The van der Waals surface area contributed by atoms with Gasteiger partial charge in [-0.05, 0) is 42.7 Å². The van der Waals surface area contributed by atoms with E-state index in [4.69, 9.17) is 9.73 Å². The first-order chi connectivity index (χ1) is 21.2. The Morgan fingerprint density at radius 1 is 0.659 bits per heavy atom. The molecule has 0 saturated heterocycles.